The fraction of sp³-hybridized carbons (Fsp3) is 0.133. The number of aromatic nitrogens is 2. The predicted octanol–water partition coefficient (Wildman–Crippen LogP) is 5.12. The Balaban J connectivity index is 2.31. The van der Waals surface area contributed by atoms with Crippen LogP contribution in [0.25, 0.3) is 21.7 Å². The molecule has 0 radical (unpaired) electrons. The van der Waals surface area contributed by atoms with Crippen LogP contribution >= 0.6 is 38.9 Å². The Kier molecular flexibility index (Phi) is 3.82. The van der Waals surface area contributed by atoms with Crippen molar-refractivity contribution in [2.24, 2.45) is 7.05 Å². The molecular formula is C15H13BrClN3S. The smallest absolute Gasteiger partial charge is 0.129 e. The van der Waals surface area contributed by atoms with Gasteiger partial charge in [0.05, 0.1) is 15.5 Å². The van der Waals surface area contributed by atoms with E-state index in [2.05, 4.69) is 21.0 Å². The number of nitrogen functional groups attached to an aromatic ring is 1. The molecular weight excluding hydrogens is 370 g/mol. The van der Waals surface area contributed by atoms with E-state index in [1.807, 2.05) is 43.6 Å². The van der Waals surface area contributed by atoms with E-state index in [1.54, 1.807) is 16.0 Å². The van der Waals surface area contributed by atoms with Crippen LogP contribution in [0.2, 0.25) is 5.02 Å². The van der Waals surface area contributed by atoms with Gasteiger partial charge in [-0.3, -0.25) is 4.68 Å². The minimum absolute atomic E-state index is 0.624. The highest BCUT2D eigenvalue weighted by molar-refractivity contribution is 9.10. The van der Waals surface area contributed by atoms with E-state index < -0.39 is 0 Å². The summed E-state index contributed by atoms with van der Waals surface area (Å²) in [6.07, 6.45) is 0. The minimum Gasteiger partial charge on any atom is -0.383 e. The number of hydrogen-bond acceptors (Lipinski definition) is 3. The lowest BCUT2D eigenvalue weighted by atomic mass is 10.0. The van der Waals surface area contributed by atoms with Crippen LogP contribution in [0.5, 0.6) is 0 Å². The van der Waals surface area contributed by atoms with E-state index in [9.17, 15) is 0 Å². The zero-order valence-electron chi connectivity index (χ0n) is 11.5. The minimum atomic E-state index is 0.624. The van der Waals surface area contributed by atoms with Crippen molar-refractivity contribution in [3.8, 4) is 21.7 Å². The van der Waals surface area contributed by atoms with Gasteiger partial charge in [-0.05, 0) is 23.9 Å². The molecule has 2 heterocycles. The molecule has 0 aliphatic carbocycles. The van der Waals surface area contributed by atoms with E-state index in [1.165, 1.54) is 0 Å². The molecule has 21 heavy (non-hydrogen) atoms. The highest BCUT2D eigenvalue weighted by atomic mass is 79.9. The van der Waals surface area contributed by atoms with Crippen molar-refractivity contribution < 1.29 is 0 Å². The first-order valence-corrected chi connectivity index (χ1v) is 8.37. The second kappa shape index (κ2) is 5.48. The molecule has 2 aromatic heterocycles. The summed E-state index contributed by atoms with van der Waals surface area (Å²) in [6.45, 7) is 1.99. The Morgan fingerprint density at radius 2 is 2.05 bits per heavy atom. The maximum Gasteiger partial charge on any atom is 0.129 e. The molecule has 3 rings (SSSR count). The summed E-state index contributed by atoms with van der Waals surface area (Å²) in [5.74, 6) is 0.624. The zero-order valence-corrected chi connectivity index (χ0v) is 14.7. The van der Waals surface area contributed by atoms with Gasteiger partial charge in [-0.15, -0.1) is 11.3 Å². The van der Waals surface area contributed by atoms with Crippen LogP contribution in [0.3, 0.4) is 0 Å². The van der Waals surface area contributed by atoms with Crippen LogP contribution in [-0.2, 0) is 7.05 Å². The largest absolute Gasteiger partial charge is 0.383 e. The van der Waals surface area contributed by atoms with Crippen molar-refractivity contribution in [1.29, 1.82) is 0 Å². The maximum absolute atomic E-state index is 6.41. The molecule has 1 aromatic carbocycles. The molecule has 2 N–H and O–H groups in total. The summed E-state index contributed by atoms with van der Waals surface area (Å²) in [6, 6.07) is 7.97. The molecule has 0 aliphatic rings. The molecule has 0 bridgehead atoms. The second-order valence-electron chi connectivity index (χ2n) is 4.77. The van der Waals surface area contributed by atoms with Crippen LogP contribution in [0.4, 0.5) is 5.82 Å². The van der Waals surface area contributed by atoms with E-state index in [4.69, 9.17) is 17.3 Å². The third-order valence-electron chi connectivity index (χ3n) is 3.35. The summed E-state index contributed by atoms with van der Waals surface area (Å²) in [7, 11) is 1.84. The molecule has 0 saturated heterocycles. The average Bonchev–Trinajstić information content (AvgIpc) is 2.93. The van der Waals surface area contributed by atoms with E-state index >= 15 is 0 Å². The van der Waals surface area contributed by atoms with Gasteiger partial charge in [0.1, 0.15) is 11.5 Å². The summed E-state index contributed by atoms with van der Waals surface area (Å²) in [4.78, 5) is 0.951. The molecule has 0 amide bonds. The van der Waals surface area contributed by atoms with Crippen molar-refractivity contribution >= 4 is 44.7 Å². The highest BCUT2D eigenvalue weighted by Gasteiger charge is 2.22. The second-order valence-corrected chi connectivity index (χ2v) is 6.89. The van der Waals surface area contributed by atoms with Crippen molar-refractivity contribution in [3.05, 3.63) is 44.7 Å². The number of nitrogens with two attached hydrogens (primary N) is 1. The van der Waals surface area contributed by atoms with Crippen LogP contribution < -0.4 is 5.73 Å². The number of nitrogens with zero attached hydrogens (tertiary/aromatic N) is 2. The molecule has 3 aromatic rings. The van der Waals surface area contributed by atoms with Crippen molar-refractivity contribution in [3.63, 3.8) is 0 Å². The number of aryl methyl sites for hydroxylation is 2. The summed E-state index contributed by atoms with van der Waals surface area (Å²) in [5.41, 5.74) is 10.0. The topological polar surface area (TPSA) is 43.8 Å². The fourth-order valence-corrected chi connectivity index (χ4v) is 3.97. The van der Waals surface area contributed by atoms with Gasteiger partial charge in [-0.1, -0.05) is 45.7 Å². The van der Waals surface area contributed by atoms with Gasteiger partial charge in [0.15, 0.2) is 0 Å². The summed E-state index contributed by atoms with van der Waals surface area (Å²) >= 11 is 11.6. The average molecular weight is 383 g/mol. The fourth-order valence-electron chi connectivity index (χ4n) is 2.22. The maximum atomic E-state index is 6.41. The monoisotopic (exact) mass is 381 g/mol. The normalized spacial score (nSPS) is 11.0. The molecule has 0 unspecified atom stereocenters. The molecule has 0 atom stereocenters. The van der Waals surface area contributed by atoms with Crippen LogP contribution in [-0.4, -0.2) is 9.78 Å². The van der Waals surface area contributed by atoms with E-state index in [0.717, 1.165) is 36.8 Å². The van der Waals surface area contributed by atoms with E-state index in [-0.39, 0.29) is 0 Å². The first-order chi connectivity index (χ1) is 10.0. The lowest BCUT2D eigenvalue weighted by Gasteiger charge is -2.06. The van der Waals surface area contributed by atoms with Gasteiger partial charge in [-0.2, -0.15) is 5.10 Å². The number of rotatable bonds is 2. The van der Waals surface area contributed by atoms with Gasteiger partial charge < -0.3 is 5.73 Å². The molecule has 0 fully saturated rings. The highest BCUT2D eigenvalue weighted by Crippen LogP contribution is 2.44. The number of benzene rings is 1. The van der Waals surface area contributed by atoms with E-state index in [0.29, 0.717) is 5.82 Å². The van der Waals surface area contributed by atoms with Gasteiger partial charge in [-0.25, -0.2) is 0 Å². The Morgan fingerprint density at radius 1 is 1.33 bits per heavy atom. The Hall–Kier alpha value is -1.30. The van der Waals surface area contributed by atoms with Gasteiger partial charge in [0, 0.05) is 17.1 Å². The van der Waals surface area contributed by atoms with Crippen molar-refractivity contribution in [1.82, 2.24) is 9.78 Å². The lowest BCUT2D eigenvalue weighted by Crippen LogP contribution is -1.98. The summed E-state index contributed by atoms with van der Waals surface area (Å²) < 4.78 is 2.67. The number of halogens is 2. The van der Waals surface area contributed by atoms with Crippen molar-refractivity contribution in [2.45, 2.75) is 6.92 Å². The Bertz CT molecular complexity index is 822. The number of hydrogen-bond donors (Lipinski definition) is 1. The van der Waals surface area contributed by atoms with Gasteiger partial charge >= 0.3 is 0 Å². The van der Waals surface area contributed by atoms with Gasteiger partial charge in [0.25, 0.3) is 0 Å². The zero-order chi connectivity index (χ0) is 15.1. The molecule has 0 spiro atoms. The lowest BCUT2D eigenvalue weighted by molar-refractivity contribution is 0.783. The Labute approximate surface area is 140 Å². The number of thiophene rings is 1. The summed E-state index contributed by atoms with van der Waals surface area (Å²) in [5, 5.41) is 7.35. The standard InChI is InChI=1S/C15H13BrClN3S/c1-8-7-21-14(12(8)17)13-11(15(18)20(2)19-13)9-5-3-4-6-10(9)16/h3-7H,18H2,1-2H3. The SMILES string of the molecule is Cc1csc(-c2nn(C)c(N)c2-c2ccccc2Br)c1Cl. The molecule has 0 saturated carbocycles. The first kappa shape index (κ1) is 14.6. The molecule has 6 heteroatoms. The molecule has 0 aliphatic heterocycles. The quantitative estimate of drug-likeness (QED) is 0.668. The third-order valence-corrected chi connectivity index (χ3v) is 5.74. The first-order valence-electron chi connectivity index (χ1n) is 6.32. The number of anilines is 1. The Morgan fingerprint density at radius 3 is 2.67 bits per heavy atom. The molecule has 3 nitrogen and oxygen atoms in total. The molecule has 108 valence electrons. The van der Waals surface area contributed by atoms with Crippen LogP contribution in [0.15, 0.2) is 34.1 Å². The van der Waals surface area contributed by atoms with Crippen LogP contribution in [0.1, 0.15) is 5.56 Å². The van der Waals surface area contributed by atoms with Crippen LogP contribution in [0, 0.1) is 6.92 Å². The predicted molar refractivity (Wildman–Crippen MR) is 93.8 cm³/mol. The van der Waals surface area contributed by atoms with Crippen molar-refractivity contribution in [2.75, 3.05) is 5.73 Å². The third kappa shape index (κ3) is 2.39. The van der Waals surface area contributed by atoms with Gasteiger partial charge in [0.2, 0.25) is 0 Å².